The van der Waals surface area contributed by atoms with Gasteiger partial charge in [0.05, 0.1) is 11.5 Å². The van der Waals surface area contributed by atoms with Gasteiger partial charge in [0.2, 0.25) is 0 Å². The van der Waals surface area contributed by atoms with Crippen molar-refractivity contribution in [3.05, 3.63) is 64.7 Å². The van der Waals surface area contributed by atoms with Gasteiger partial charge in [-0.15, -0.1) is 11.8 Å². The van der Waals surface area contributed by atoms with E-state index < -0.39 is 4.92 Å². The molecule has 2 aromatic carbocycles. The van der Waals surface area contributed by atoms with Crippen molar-refractivity contribution < 1.29 is 9.66 Å². The second-order valence-electron chi connectivity index (χ2n) is 4.47. The highest BCUT2D eigenvalue weighted by molar-refractivity contribution is 7.99. The Labute approximate surface area is 128 Å². The van der Waals surface area contributed by atoms with Gasteiger partial charge in [-0.25, -0.2) is 0 Å². The third-order valence-corrected chi connectivity index (χ3v) is 3.97. The molecule has 0 aliphatic carbocycles. The first kappa shape index (κ1) is 15.4. The predicted molar refractivity (Wildman–Crippen MR) is 85.0 cm³/mol. The summed E-state index contributed by atoms with van der Waals surface area (Å²) >= 11 is 1.84. The van der Waals surface area contributed by atoms with Crippen molar-refractivity contribution in [1.29, 1.82) is 0 Å². The number of nitrogens with zero attached hydrogens (tertiary/aromatic N) is 1. The first-order valence-electron chi connectivity index (χ1n) is 6.81. The van der Waals surface area contributed by atoms with Crippen molar-refractivity contribution in [2.45, 2.75) is 17.7 Å². The fraction of sp³-hybridized carbons (Fsp3) is 0.250. The minimum Gasteiger partial charge on any atom is -0.494 e. The summed E-state index contributed by atoms with van der Waals surface area (Å²) in [6.07, 6.45) is 2.05. The maximum atomic E-state index is 10.5. The lowest BCUT2D eigenvalue weighted by atomic mass is 10.3. The van der Waals surface area contributed by atoms with E-state index in [1.807, 2.05) is 30.0 Å². The van der Waals surface area contributed by atoms with Crippen LogP contribution in [0.3, 0.4) is 0 Å². The molecule has 0 saturated carbocycles. The van der Waals surface area contributed by atoms with Crippen molar-refractivity contribution in [3.63, 3.8) is 0 Å². The van der Waals surface area contributed by atoms with E-state index in [-0.39, 0.29) is 5.69 Å². The molecule has 0 atom stereocenters. The molecule has 5 heteroatoms. The molecule has 0 heterocycles. The quantitative estimate of drug-likeness (QED) is 0.311. The molecule has 0 fully saturated rings. The molecule has 0 bridgehead atoms. The molecule has 4 nitrogen and oxygen atoms in total. The van der Waals surface area contributed by atoms with Gasteiger partial charge in [-0.2, -0.15) is 0 Å². The van der Waals surface area contributed by atoms with Crippen LogP contribution in [0.4, 0.5) is 5.69 Å². The average molecular weight is 303 g/mol. The molecule has 0 aliphatic rings. The van der Waals surface area contributed by atoms with Crippen molar-refractivity contribution in [1.82, 2.24) is 0 Å². The Morgan fingerprint density at radius 2 is 1.71 bits per heavy atom. The van der Waals surface area contributed by atoms with Crippen LogP contribution in [-0.4, -0.2) is 17.3 Å². The topological polar surface area (TPSA) is 52.4 Å². The fourth-order valence-electron chi connectivity index (χ4n) is 1.76. The lowest BCUT2D eigenvalue weighted by molar-refractivity contribution is -0.384. The van der Waals surface area contributed by atoms with Crippen LogP contribution in [0.5, 0.6) is 5.75 Å². The monoisotopic (exact) mass is 303 g/mol. The average Bonchev–Trinajstić information content (AvgIpc) is 2.52. The molecule has 0 saturated heterocycles. The zero-order valence-electron chi connectivity index (χ0n) is 11.6. The van der Waals surface area contributed by atoms with Gasteiger partial charge in [-0.05, 0) is 42.9 Å². The first-order chi connectivity index (χ1) is 10.3. The van der Waals surface area contributed by atoms with E-state index in [1.54, 1.807) is 12.1 Å². The van der Waals surface area contributed by atoms with E-state index >= 15 is 0 Å². The summed E-state index contributed by atoms with van der Waals surface area (Å²) in [5.41, 5.74) is 0.0848. The van der Waals surface area contributed by atoms with Gasteiger partial charge >= 0.3 is 0 Å². The Morgan fingerprint density at radius 1 is 1.00 bits per heavy atom. The highest BCUT2D eigenvalue weighted by Crippen LogP contribution is 2.19. The Hall–Kier alpha value is -2.01. The van der Waals surface area contributed by atoms with Crippen LogP contribution in [0.25, 0.3) is 0 Å². The van der Waals surface area contributed by atoms with Gasteiger partial charge in [0.1, 0.15) is 5.75 Å². The van der Waals surface area contributed by atoms with E-state index in [0.29, 0.717) is 12.4 Å². The van der Waals surface area contributed by atoms with Crippen molar-refractivity contribution in [2.24, 2.45) is 0 Å². The summed E-state index contributed by atoms with van der Waals surface area (Å²) in [5, 5.41) is 10.5. The summed E-state index contributed by atoms with van der Waals surface area (Å²) in [7, 11) is 0. The Bertz CT molecular complexity index is 557. The second kappa shape index (κ2) is 8.32. The zero-order chi connectivity index (χ0) is 14.9. The molecule has 0 N–H and O–H groups in total. The molecule has 2 rings (SSSR count). The number of nitro groups is 1. The van der Waals surface area contributed by atoms with Gasteiger partial charge in [-0.3, -0.25) is 10.1 Å². The minimum absolute atomic E-state index is 0.0848. The Morgan fingerprint density at radius 3 is 2.38 bits per heavy atom. The summed E-state index contributed by atoms with van der Waals surface area (Å²) in [5.74, 6) is 1.74. The maximum absolute atomic E-state index is 10.5. The van der Waals surface area contributed by atoms with Gasteiger partial charge in [0.15, 0.2) is 0 Å². The normalized spacial score (nSPS) is 10.3. The summed E-state index contributed by atoms with van der Waals surface area (Å²) < 4.78 is 5.56. The van der Waals surface area contributed by atoms with Crippen LogP contribution in [0.15, 0.2) is 59.5 Å². The van der Waals surface area contributed by atoms with E-state index in [9.17, 15) is 10.1 Å². The molecule has 2 aromatic rings. The number of thioether (sulfide) groups is 1. The minimum atomic E-state index is -0.412. The molecular formula is C16H17NO3S. The molecule has 0 amide bonds. The van der Waals surface area contributed by atoms with E-state index in [1.165, 1.54) is 17.0 Å². The largest absolute Gasteiger partial charge is 0.494 e. The van der Waals surface area contributed by atoms with Gasteiger partial charge in [-0.1, -0.05) is 18.2 Å². The van der Waals surface area contributed by atoms with Gasteiger partial charge in [0.25, 0.3) is 5.69 Å². The number of hydrogen-bond donors (Lipinski definition) is 0. The van der Waals surface area contributed by atoms with Crippen LogP contribution < -0.4 is 4.74 Å². The molecule has 0 spiro atoms. The summed E-state index contributed by atoms with van der Waals surface area (Å²) in [4.78, 5) is 11.4. The third-order valence-electron chi connectivity index (χ3n) is 2.87. The first-order valence-corrected chi connectivity index (χ1v) is 7.79. The van der Waals surface area contributed by atoms with Crippen LogP contribution in [0, 0.1) is 10.1 Å². The molecule has 110 valence electrons. The van der Waals surface area contributed by atoms with Gasteiger partial charge in [0, 0.05) is 17.0 Å². The Kier molecular flexibility index (Phi) is 6.09. The molecule has 21 heavy (non-hydrogen) atoms. The van der Waals surface area contributed by atoms with Crippen LogP contribution in [0.1, 0.15) is 12.8 Å². The molecule has 0 unspecified atom stereocenters. The van der Waals surface area contributed by atoms with Crippen molar-refractivity contribution in [3.8, 4) is 5.75 Å². The van der Waals surface area contributed by atoms with Crippen LogP contribution in [0.2, 0.25) is 0 Å². The SMILES string of the molecule is O=[N+]([O-])c1ccc(OCCCCSc2ccccc2)cc1. The number of hydrogen-bond acceptors (Lipinski definition) is 4. The second-order valence-corrected chi connectivity index (χ2v) is 5.64. The standard InChI is InChI=1S/C16H17NO3S/c18-17(19)14-8-10-15(11-9-14)20-12-4-5-13-21-16-6-2-1-3-7-16/h1-3,6-11H,4-5,12-13H2. The third kappa shape index (κ3) is 5.47. The smallest absolute Gasteiger partial charge is 0.269 e. The molecule has 0 radical (unpaired) electrons. The number of benzene rings is 2. The van der Waals surface area contributed by atoms with Crippen LogP contribution >= 0.6 is 11.8 Å². The van der Waals surface area contributed by atoms with Crippen LogP contribution in [-0.2, 0) is 0 Å². The molecule has 0 aromatic heterocycles. The Balaban J connectivity index is 1.60. The van der Waals surface area contributed by atoms with Gasteiger partial charge < -0.3 is 4.74 Å². The number of rotatable bonds is 8. The lowest BCUT2D eigenvalue weighted by Gasteiger charge is -2.06. The fourth-order valence-corrected chi connectivity index (χ4v) is 2.70. The summed E-state index contributed by atoms with van der Waals surface area (Å²) in [6.45, 7) is 0.632. The predicted octanol–water partition coefficient (Wildman–Crippen LogP) is 4.55. The van der Waals surface area contributed by atoms with Crippen molar-refractivity contribution >= 4 is 17.4 Å². The summed E-state index contributed by atoms with van der Waals surface area (Å²) in [6, 6.07) is 16.5. The lowest BCUT2D eigenvalue weighted by Crippen LogP contribution is -1.98. The maximum Gasteiger partial charge on any atom is 0.269 e. The molecular weight excluding hydrogens is 286 g/mol. The number of nitro benzene ring substituents is 1. The molecule has 0 aliphatic heterocycles. The number of unbranched alkanes of at least 4 members (excludes halogenated alkanes) is 1. The van der Waals surface area contributed by atoms with E-state index in [2.05, 4.69) is 12.1 Å². The van der Waals surface area contributed by atoms with Crippen molar-refractivity contribution in [2.75, 3.05) is 12.4 Å². The van der Waals surface area contributed by atoms with E-state index in [4.69, 9.17) is 4.74 Å². The number of ether oxygens (including phenoxy) is 1. The highest BCUT2D eigenvalue weighted by Gasteiger charge is 2.04. The number of non-ortho nitro benzene ring substituents is 1. The highest BCUT2D eigenvalue weighted by atomic mass is 32.2. The zero-order valence-corrected chi connectivity index (χ0v) is 12.4. The van der Waals surface area contributed by atoms with E-state index in [0.717, 1.165) is 18.6 Å².